The first-order valence-corrected chi connectivity index (χ1v) is 6.30. The second-order valence-corrected chi connectivity index (χ2v) is 4.88. The number of sulfonamides is 1. The number of alkyl halides is 3. The molecule has 112 valence electrons. The van der Waals surface area contributed by atoms with Crippen LogP contribution in [0, 0.1) is 0 Å². The standard InChI is InChI=1S/C9H8F3NO6S/c10-9(11,12)19-6-3-1-2-4-7(6)20(16,17)13-18-5-8(14)15/h1-4,13H,5H2,(H,14,15). The molecule has 1 rings (SSSR count). The second kappa shape index (κ2) is 6.07. The predicted octanol–water partition coefficient (Wildman–Crippen LogP) is 0.880. The summed E-state index contributed by atoms with van der Waals surface area (Å²) < 4.78 is 63.2. The van der Waals surface area contributed by atoms with Crippen LogP contribution < -0.4 is 9.62 Å². The maximum atomic E-state index is 12.1. The number of carbonyl (C=O) groups is 1. The zero-order valence-corrected chi connectivity index (χ0v) is 10.4. The average molecular weight is 315 g/mol. The van der Waals surface area contributed by atoms with Gasteiger partial charge in [-0.15, -0.1) is 13.2 Å². The molecule has 0 spiro atoms. The Bertz CT molecular complexity index is 586. The Morgan fingerprint density at radius 3 is 2.45 bits per heavy atom. The van der Waals surface area contributed by atoms with Crippen molar-refractivity contribution in [2.45, 2.75) is 11.3 Å². The van der Waals surface area contributed by atoms with Crippen molar-refractivity contribution in [3.8, 4) is 5.75 Å². The molecule has 0 bridgehead atoms. The summed E-state index contributed by atoms with van der Waals surface area (Å²) in [4.78, 5) is 14.8. The molecule has 0 fully saturated rings. The molecule has 0 radical (unpaired) electrons. The van der Waals surface area contributed by atoms with Crippen molar-refractivity contribution >= 4 is 16.0 Å². The molecule has 1 aromatic rings. The highest BCUT2D eigenvalue weighted by Gasteiger charge is 2.34. The SMILES string of the molecule is O=C(O)CONS(=O)(=O)c1ccccc1OC(F)(F)F. The van der Waals surface area contributed by atoms with Crippen LogP contribution in [0.25, 0.3) is 0 Å². The fraction of sp³-hybridized carbons (Fsp3) is 0.222. The van der Waals surface area contributed by atoms with Crippen molar-refractivity contribution in [3.05, 3.63) is 24.3 Å². The molecule has 0 aliphatic rings. The Morgan fingerprint density at radius 1 is 1.30 bits per heavy atom. The van der Waals surface area contributed by atoms with E-state index in [1.807, 2.05) is 0 Å². The van der Waals surface area contributed by atoms with Gasteiger partial charge in [-0.2, -0.15) is 0 Å². The molecule has 0 amide bonds. The molecule has 11 heteroatoms. The van der Waals surface area contributed by atoms with Crippen molar-refractivity contribution < 1.29 is 41.1 Å². The maximum absolute atomic E-state index is 12.1. The van der Waals surface area contributed by atoms with Gasteiger partial charge in [0, 0.05) is 0 Å². The van der Waals surface area contributed by atoms with Gasteiger partial charge in [0.1, 0.15) is 10.6 Å². The summed E-state index contributed by atoms with van der Waals surface area (Å²) in [6.45, 7) is -0.998. The van der Waals surface area contributed by atoms with E-state index in [1.165, 1.54) is 4.89 Å². The molecule has 20 heavy (non-hydrogen) atoms. The maximum Gasteiger partial charge on any atom is 0.573 e. The van der Waals surface area contributed by atoms with Crippen molar-refractivity contribution in [2.24, 2.45) is 0 Å². The zero-order chi connectivity index (χ0) is 15.4. The van der Waals surface area contributed by atoms with Crippen molar-refractivity contribution in [3.63, 3.8) is 0 Å². The van der Waals surface area contributed by atoms with E-state index in [4.69, 9.17) is 5.11 Å². The normalized spacial score (nSPS) is 12.2. The first-order chi connectivity index (χ1) is 9.12. The monoisotopic (exact) mass is 315 g/mol. The van der Waals surface area contributed by atoms with E-state index in [9.17, 15) is 26.4 Å². The summed E-state index contributed by atoms with van der Waals surface area (Å²) in [5, 5.41) is 8.26. The van der Waals surface area contributed by atoms with Crippen LogP contribution in [-0.2, 0) is 19.7 Å². The number of rotatable bonds is 6. The van der Waals surface area contributed by atoms with Gasteiger partial charge in [-0.05, 0) is 12.1 Å². The van der Waals surface area contributed by atoms with E-state index in [0.29, 0.717) is 0 Å². The summed E-state index contributed by atoms with van der Waals surface area (Å²) in [5.74, 6) is -2.43. The molecular formula is C9H8F3NO6S. The van der Waals surface area contributed by atoms with Crippen LogP contribution in [0.4, 0.5) is 13.2 Å². The summed E-state index contributed by atoms with van der Waals surface area (Å²) in [6.07, 6.45) is -5.08. The number of para-hydroxylation sites is 1. The number of nitrogens with one attached hydrogen (secondary N) is 1. The number of halogens is 3. The molecular weight excluding hydrogens is 307 g/mol. The van der Waals surface area contributed by atoms with Crippen molar-refractivity contribution in [1.29, 1.82) is 0 Å². The number of benzene rings is 1. The number of ether oxygens (including phenoxy) is 1. The molecule has 0 aliphatic carbocycles. The first-order valence-electron chi connectivity index (χ1n) is 4.82. The third kappa shape index (κ3) is 5.03. The lowest BCUT2D eigenvalue weighted by atomic mass is 10.3. The zero-order valence-electron chi connectivity index (χ0n) is 9.55. The Balaban J connectivity index is 2.97. The van der Waals surface area contributed by atoms with Crippen LogP contribution in [0.15, 0.2) is 29.2 Å². The minimum absolute atomic E-state index is 0.791. The lowest BCUT2D eigenvalue weighted by molar-refractivity contribution is -0.275. The van der Waals surface area contributed by atoms with Crippen molar-refractivity contribution in [2.75, 3.05) is 6.61 Å². The number of carboxylic acid groups (broad SMARTS) is 1. The lowest BCUT2D eigenvalue weighted by Crippen LogP contribution is -2.28. The molecule has 1 aromatic carbocycles. The van der Waals surface area contributed by atoms with E-state index in [1.54, 1.807) is 0 Å². The molecule has 0 saturated carbocycles. The Hall–Kier alpha value is -1.85. The highest BCUT2D eigenvalue weighted by molar-refractivity contribution is 7.89. The molecule has 0 aromatic heterocycles. The number of hydrogen-bond donors (Lipinski definition) is 2. The van der Waals surface area contributed by atoms with Gasteiger partial charge in [0.2, 0.25) is 0 Å². The quantitative estimate of drug-likeness (QED) is 0.756. The third-order valence-electron chi connectivity index (χ3n) is 1.73. The van der Waals surface area contributed by atoms with Crippen LogP contribution in [0.2, 0.25) is 0 Å². The average Bonchev–Trinajstić information content (AvgIpc) is 2.26. The fourth-order valence-electron chi connectivity index (χ4n) is 1.09. The van der Waals surface area contributed by atoms with Gasteiger partial charge >= 0.3 is 12.3 Å². The Labute approximate surface area is 110 Å². The lowest BCUT2D eigenvalue weighted by Gasteiger charge is -2.13. The summed E-state index contributed by atoms with van der Waals surface area (Å²) in [5.41, 5.74) is 0. The minimum atomic E-state index is -5.08. The van der Waals surface area contributed by atoms with Crippen LogP contribution in [0.3, 0.4) is 0 Å². The molecule has 0 aliphatic heterocycles. The molecule has 2 N–H and O–H groups in total. The van der Waals surface area contributed by atoms with Gasteiger partial charge < -0.3 is 9.84 Å². The highest BCUT2D eigenvalue weighted by atomic mass is 32.2. The van der Waals surface area contributed by atoms with Gasteiger partial charge in [-0.3, -0.25) is 4.84 Å². The summed E-state index contributed by atoms with van der Waals surface area (Å²) >= 11 is 0. The Kier molecular flexibility index (Phi) is 4.92. The summed E-state index contributed by atoms with van der Waals surface area (Å²) in [6, 6.07) is 3.93. The third-order valence-corrected chi connectivity index (χ3v) is 2.98. The summed E-state index contributed by atoms with van der Waals surface area (Å²) in [7, 11) is -4.52. The topological polar surface area (TPSA) is 102 Å². The first kappa shape index (κ1) is 16.2. The van der Waals surface area contributed by atoms with Gasteiger partial charge in [0.05, 0.1) is 0 Å². The molecule has 0 heterocycles. The Morgan fingerprint density at radius 2 is 1.90 bits per heavy atom. The van der Waals surface area contributed by atoms with E-state index in [2.05, 4.69) is 9.57 Å². The van der Waals surface area contributed by atoms with E-state index >= 15 is 0 Å². The molecule has 0 unspecified atom stereocenters. The van der Waals surface area contributed by atoms with Gasteiger partial charge in [-0.1, -0.05) is 17.0 Å². The fourth-order valence-corrected chi connectivity index (χ4v) is 2.03. The van der Waals surface area contributed by atoms with Crippen molar-refractivity contribution in [1.82, 2.24) is 4.89 Å². The smallest absolute Gasteiger partial charge is 0.479 e. The van der Waals surface area contributed by atoms with E-state index < -0.39 is 39.6 Å². The highest BCUT2D eigenvalue weighted by Crippen LogP contribution is 2.29. The van der Waals surface area contributed by atoms with E-state index in [-0.39, 0.29) is 0 Å². The number of hydrogen-bond acceptors (Lipinski definition) is 5. The van der Waals surface area contributed by atoms with Crippen LogP contribution in [-0.4, -0.2) is 32.5 Å². The molecule has 0 saturated heterocycles. The van der Waals surface area contributed by atoms with Gasteiger partial charge in [0.15, 0.2) is 6.61 Å². The minimum Gasteiger partial charge on any atom is -0.479 e. The van der Waals surface area contributed by atoms with Gasteiger partial charge in [0.25, 0.3) is 10.0 Å². The number of aliphatic carboxylic acids is 1. The van der Waals surface area contributed by atoms with Crippen LogP contribution in [0.1, 0.15) is 0 Å². The molecule has 0 atom stereocenters. The van der Waals surface area contributed by atoms with Crippen LogP contribution >= 0.6 is 0 Å². The largest absolute Gasteiger partial charge is 0.573 e. The predicted molar refractivity (Wildman–Crippen MR) is 57.0 cm³/mol. The van der Waals surface area contributed by atoms with E-state index in [0.717, 1.165) is 24.3 Å². The van der Waals surface area contributed by atoms with Gasteiger partial charge in [-0.25, -0.2) is 13.2 Å². The van der Waals surface area contributed by atoms with Crippen LogP contribution in [0.5, 0.6) is 5.75 Å². The second-order valence-electron chi connectivity index (χ2n) is 3.26. The number of carboxylic acids is 1. The molecule has 7 nitrogen and oxygen atoms in total.